The van der Waals surface area contributed by atoms with E-state index in [4.69, 9.17) is 0 Å². The molecular weight excluding hydrogens is 219 g/mol. The summed E-state index contributed by atoms with van der Waals surface area (Å²) >= 11 is 0. The van der Waals surface area contributed by atoms with Gasteiger partial charge in [0.2, 0.25) is 0 Å². The second-order valence-corrected chi connectivity index (χ2v) is 3.84. The van der Waals surface area contributed by atoms with E-state index < -0.39 is 5.82 Å². The Morgan fingerprint density at radius 3 is 2.82 bits per heavy atom. The minimum Gasteiger partial charge on any atom is -0.298 e. The Labute approximate surface area is 98.9 Å². The normalized spacial score (nSPS) is 10.5. The molecule has 0 atom stereocenters. The topological polar surface area (TPSA) is 34.9 Å². The first-order valence-corrected chi connectivity index (χ1v) is 5.45. The maximum atomic E-state index is 13.2. The highest BCUT2D eigenvalue weighted by Crippen LogP contribution is 2.24. The van der Waals surface area contributed by atoms with E-state index in [1.165, 1.54) is 6.07 Å². The molecule has 1 heterocycles. The molecule has 0 bridgehead atoms. The Balaban J connectivity index is 2.52. The standard InChI is InChI=1S/C13H13FN2O/c1-3-16-7-12(9(2)15-16)10-4-5-13(14)11(6-10)8-17/h4-8H,3H2,1-2H3. The van der Waals surface area contributed by atoms with Crippen LogP contribution in [0.5, 0.6) is 0 Å². The number of hydrogen-bond acceptors (Lipinski definition) is 2. The number of hydrogen-bond donors (Lipinski definition) is 0. The van der Waals surface area contributed by atoms with Crippen LogP contribution in [0.25, 0.3) is 11.1 Å². The number of benzene rings is 1. The molecule has 2 rings (SSSR count). The molecule has 0 aliphatic heterocycles. The molecule has 0 aliphatic carbocycles. The Bertz CT molecular complexity index is 561. The fraction of sp³-hybridized carbons (Fsp3) is 0.231. The van der Waals surface area contributed by atoms with E-state index in [1.54, 1.807) is 12.1 Å². The average Bonchev–Trinajstić information content (AvgIpc) is 2.71. The van der Waals surface area contributed by atoms with E-state index in [-0.39, 0.29) is 5.56 Å². The minimum atomic E-state index is -0.496. The summed E-state index contributed by atoms with van der Waals surface area (Å²) in [4.78, 5) is 10.7. The van der Waals surface area contributed by atoms with Gasteiger partial charge in [-0.1, -0.05) is 6.07 Å². The molecule has 0 fully saturated rings. The smallest absolute Gasteiger partial charge is 0.153 e. The van der Waals surface area contributed by atoms with Crippen LogP contribution in [0.1, 0.15) is 23.0 Å². The van der Waals surface area contributed by atoms with Crippen molar-refractivity contribution in [3.05, 3.63) is 41.5 Å². The fourth-order valence-electron chi connectivity index (χ4n) is 1.76. The number of halogens is 1. The highest BCUT2D eigenvalue weighted by Gasteiger charge is 2.09. The lowest BCUT2D eigenvalue weighted by molar-refractivity contribution is 0.112. The zero-order valence-electron chi connectivity index (χ0n) is 9.77. The van der Waals surface area contributed by atoms with E-state index >= 15 is 0 Å². The molecule has 88 valence electrons. The predicted octanol–water partition coefficient (Wildman–Crippen LogP) is 2.83. The molecule has 0 aliphatic rings. The predicted molar refractivity (Wildman–Crippen MR) is 63.4 cm³/mol. The highest BCUT2D eigenvalue weighted by atomic mass is 19.1. The Morgan fingerprint density at radius 1 is 1.47 bits per heavy atom. The van der Waals surface area contributed by atoms with Crippen molar-refractivity contribution in [2.24, 2.45) is 0 Å². The van der Waals surface area contributed by atoms with Crippen LogP contribution in [0.2, 0.25) is 0 Å². The Kier molecular flexibility index (Phi) is 3.04. The van der Waals surface area contributed by atoms with Gasteiger partial charge in [0.15, 0.2) is 6.29 Å². The van der Waals surface area contributed by atoms with Gasteiger partial charge >= 0.3 is 0 Å². The van der Waals surface area contributed by atoms with Crippen molar-refractivity contribution >= 4 is 6.29 Å². The third kappa shape index (κ3) is 2.11. The van der Waals surface area contributed by atoms with Crippen LogP contribution in [0.3, 0.4) is 0 Å². The van der Waals surface area contributed by atoms with Crippen LogP contribution in [0.15, 0.2) is 24.4 Å². The molecule has 0 unspecified atom stereocenters. The maximum absolute atomic E-state index is 13.2. The summed E-state index contributed by atoms with van der Waals surface area (Å²) in [6.07, 6.45) is 2.43. The van der Waals surface area contributed by atoms with Crippen molar-refractivity contribution in [1.82, 2.24) is 9.78 Å². The van der Waals surface area contributed by atoms with Crippen LogP contribution >= 0.6 is 0 Å². The molecule has 2 aromatic rings. The molecule has 0 saturated carbocycles. The van der Waals surface area contributed by atoms with Crippen molar-refractivity contribution < 1.29 is 9.18 Å². The van der Waals surface area contributed by atoms with Crippen LogP contribution in [-0.4, -0.2) is 16.1 Å². The number of carbonyl (C=O) groups is 1. The summed E-state index contributed by atoms with van der Waals surface area (Å²) in [5, 5.41) is 4.32. The van der Waals surface area contributed by atoms with Gasteiger partial charge in [-0.05, 0) is 31.5 Å². The summed E-state index contributed by atoms with van der Waals surface area (Å²) < 4.78 is 15.0. The highest BCUT2D eigenvalue weighted by molar-refractivity contribution is 5.79. The second kappa shape index (κ2) is 4.49. The molecule has 0 amide bonds. The number of rotatable bonds is 3. The first kappa shape index (κ1) is 11.5. The molecule has 0 N–H and O–H groups in total. The summed E-state index contributed by atoms with van der Waals surface area (Å²) in [6, 6.07) is 4.51. The van der Waals surface area contributed by atoms with Gasteiger partial charge in [-0.2, -0.15) is 5.10 Å². The van der Waals surface area contributed by atoms with Crippen molar-refractivity contribution in [3.8, 4) is 11.1 Å². The quantitative estimate of drug-likeness (QED) is 0.763. The van der Waals surface area contributed by atoms with E-state index in [0.29, 0.717) is 6.29 Å². The van der Waals surface area contributed by atoms with Crippen molar-refractivity contribution in [2.75, 3.05) is 0 Å². The van der Waals surface area contributed by atoms with Gasteiger partial charge in [0.05, 0.1) is 11.3 Å². The first-order valence-electron chi connectivity index (χ1n) is 5.45. The summed E-state index contributed by atoms with van der Waals surface area (Å²) in [6.45, 7) is 4.67. The lowest BCUT2D eigenvalue weighted by atomic mass is 10.0. The Hall–Kier alpha value is -1.97. The van der Waals surface area contributed by atoms with Crippen LogP contribution < -0.4 is 0 Å². The van der Waals surface area contributed by atoms with Crippen LogP contribution in [-0.2, 0) is 6.54 Å². The molecule has 0 saturated heterocycles. The van der Waals surface area contributed by atoms with Crippen molar-refractivity contribution in [1.29, 1.82) is 0 Å². The van der Waals surface area contributed by atoms with Gasteiger partial charge in [0.1, 0.15) is 5.82 Å². The van der Waals surface area contributed by atoms with Gasteiger partial charge in [-0.25, -0.2) is 4.39 Å². The molecular formula is C13H13FN2O. The number of aromatic nitrogens is 2. The van der Waals surface area contributed by atoms with Gasteiger partial charge < -0.3 is 0 Å². The zero-order chi connectivity index (χ0) is 12.4. The third-order valence-corrected chi connectivity index (χ3v) is 2.70. The van der Waals surface area contributed by atoms with Gasteiger partial charge in [-0.3, -0.25) is 9.48 Å². The molecule has 3 nitrogen and oxygen atoms in total. The summed E-state index contributed by atoms with van der Waals surface area (Å²) in [5.41, 5.74) is 2.68. The SMILES string of the molecule is CCn1cc(-c2ccc(F)c(C=O)c2)c(C)n1. The van der Waals surface area contributed by atoms with Crippen LogP contribution in [0, 0.1) is 12.7 Å². The Morgan fingerprint density at radius 2 is 2.24 bits per heavy atom. The summed E-state index contributed by atoms with van der Waals surface area (Å²) in [7, 11) is 0. The fourth-order valence-corrected chi connectivity index (χ4v) is 1.76. The van der Waals surface area contributed by atoms with E-state index in [0.717, 1.165) is 23.4 Å². The van der Waals surface area contributed by atoms with Crippen LogP contribution in [0.4, 0.5) is 4.39 Å². The van der Waals surface area contributed by atoms with Gasteiger partial charge in [0, 0.05) is 18.3 Å². The van der Waals surface area contributed by atoms with Gasteiger partial charge in [-0.15, -0.1) is 0 Å². The largest absolute Gasteiger partial charge is 0.298 e. The number of carbonyl (C=O) groups excluding carboxylic acids is 1. The number of nitrogens with zero attached hydrogens (tertiary/aromatic N) is 2. The van der Waals surface area contributed by atoms with E-state index in [1.807, 2.05) is 24.7 Å². The lowest BCUT2D eigenvalue weighted by Crippen LogP contribution is -1.93. The van der Waals surface area contributed by atoms with Crippen molar-refractivity contribution in [3.63, 3.8) is 0 Å². The number of aryl methyl sites for hydroxylation is 2. The molecule has 0 spiro atoms. The first-order chi connectivity index (χ1) is 8.15. The molecule has 0 radical (unpaired) electrons. The summed E-state index contributed by atoms with van der Waals surface area (Å²) in [5.74, 6) is -0.496. The van der Waals surface area contributed by atoms with E-state index in [9.17, 15) is 9.18 Å². The molecule has 1 aromatic carbocycles. The molecule has 1 aromatic heterocycles. The second-order valence-electron chi connectivity index (χ2n) is 3.84. The van der Waals surface area contributed by atoms with Crippen molar-refractivity contribution in [2.45, 2.75) is 20.4 Å². The molecule has 4 heteroatoms. The average molecular weight is 232 g/mol. The third-order valence-electron chi connectivity index (χ3n) is 2.70. The van der Waals surface area contributed by atoms with Gasteiger partial charge in [0.25, 0.3) is 0 Å². The number of aldehydes is 1. The minimum absolute atomic E-state index is 0.0751. The zero-order valence-corrected chi connectivity index (χ0v) is 9.77. The lowest BCUT2D eigenvalue weighted by Gasteiger charge is -2.01. The molecule has 17 heavy (non-hydrogen) atoms. The maximum Gasteiger partial charge on any atom is 0.153 e. The monoisotopic (exact) mass is 232 g/mol. The van der Waals surface area contributed by atoms with E-state index in [2.05, 4.69) is 5.10 Å².